The van der Waals surface area contributed by atoms with Crippen molar-refractivity contribution in [3.63, 3.8) is 0 Å². The van der Waals surface area contributed by atoms with Gasteiger partial charge in [0.05, 0.1) is 5.41 Å². The quantitative estimate of drug-likeness (QED) is 0.171. The maximum Gasteiger partial charge on any atom is 0.168 e. The molecule has 4 heteroatoms. The van der Waals surface area contributed by atoms with Gasteiger partial charge in [0, 0.05) is 37.0 Å². The van der Waals surface area contributed by atoms with Gasteiger partial charge in [-0.25, -0.2) is 0 Å². The Balaban J connectivity index is 1.11. The SMILES string of the molecule is c1ccc(-c2nnc(-c3ccc(-c4cccc5c4sc4ccccc45)cc3)n2-c2ccc3c(c2)C(c2ccccc2)(c2ccccc2)c2ccccc2-3)cc1. The number of nitrogens with zero attached hydrogens (tertiary/aromatic N) is 3. The van der Waals surface area contributed by atoms with E-state index in [-0.39, 0.29) is 0 Å². The number of thiophene rings is 1. The molecule has 0 radical (unpaired) electrons. The van der Waals surface area contributed by atoms with Crippen molar-refractivity contribution in [2.45, 2.75) is 5.41 Å². The zero-order valence-electron chi connectivity index (χ0n) is 29.8. The zero-order valence-corrected chi connectivity index (χ0v) is 30.6. The van der Waals surface area contributed by atoms with Crippen LogP contribution in [-0.4, -0.2) is 14.8 Å². The van der Waals surface area contributed by atoms with E-state index in [1.54, 1.807) is 0 Å². The molecular weight excluding hydrogens is 687 g/mol. The first-order valence-corrected chi connectivity index (χ1v) is 19.5. The smallest absolute Gasteiger partial charge is 0.168 e. The standard InChI is InChI=1S/C51H33N3S/c1-4-15-35(16-5-1)49-52-53-50(36-29-27-34(28-30-36)40-23-14-24-44-43-22-11-13-26-47(43)55-48(40)44)54(49)39-31-32-42-41-21-10-12-25-45(41)51(46(42)33-39,37-17-6-2-7-18-37)38-19-8-3-9-20-38/h1-33H. The predicted molar refractivity (Wildman–Crippen MR) is 228 cm³/mol. The first-order valence-electron chi connectivity index (χ1n) is 18.7. The minimum Gasteiger partial charge on any atom is -0.275 e. The number of rotatable bonds is 6. The van der Waals surface area contributed by atoms with Gasteiger partial charge in [-0.05, 0) is 62.7 Å². The summed E-state index contributed by atoms with van der Waals surface area (Å²) >= 11 is 1.86. The van der Waals surface area contributed by atoms with Crippen LogP contribution in [-0.2, 0) is 5.41 Å². The van der Waals surface area contributed by atoms with Gasteiger partial charge < -0.3 is 0 Å². The molecule has 0 atom stereocenters. The van der Waals surface area contributed by atoms with Crippen LogP contribution in [0.3, 0.4) is 0 Å². The van der Waals surface area contributed by atoms with E-state index in [1.165, 1.54) is 64.7 Å². The fourth-order valence-corrected chi connectivity index (χ4v) is 10.1. The summed E-state index contributed by atoms with van der Waals surface area (Å²) in [6, 6.07) is 72.2. The Kier molecular flexibility index (Phi) is 7.26. The summed E-state index contributed by atoms with van der Waals surface area (Å²) < 4.78 is 4.86. The minimum absolute atomic E-state index is 0.513. The van der Waals surface area contributed by atoms with Crippen molar-refractivity contribution in [1.82, 2.24) is 14.8 Å². The lowest BCUT2D eigenvalue weighted by Gasteiger charge is -2.34. The topological polar surface area (TPSA) is 30.7 Å². The number of hydrogen-bond donors (Lipinski definition) is 0. The normalized spacial score (nSPS) is 12.9. The molecule has 8 aromatic carbocycles. The third-order valence-electron chi connectivity index (χ3n) is 11.3. The molecule has 1 aliphatic carbocycles. The zero-order chi connectivity index (χ0) is 36.3. The van der Waals surface area contributed by atoms with Crippen LogP contribution in [0.5, 0.6) is 0 Å². The molecule has 0 unspecified atom stereocenters. The lowest BCUT2D eigenvalue weighted by atomic mass is 9.67. The summed E-state index contributed by atoms with van der Waals surface area (Å²) in [4.78, 5) is 0. The molecule has 11 rings (SSSR count). The molecule has 0 N–H and O–H groups in total. The Labute approximate surface area is 323 Å². The highest BCUT2D eigenvalue weighted by atomic mass is 32.1. The highest BCUT2D eigenvalue weighted by Crippen LogP contribution is 2.56. The molecule has 3 nitrogen and oxygen atoms in total. The molecule has 0 saturated carbocycles. The highest BCUT2D eigenvalue weighted by Gasteiger charge is 2.46. The fraction of sp³-hybridized carbons (Fsp3) is 0.0196. The molecule has 0 saturated heterocycles. The van der Waals surface area contributed by atoms with E-state index in [1.807, 2.05) is 17.4 Å². The third kappa shape index (κ3) is 4.82. The summed E-state index contributed by atoms with van der Waals surface area (Å²) in [5, 5.41) is 12.4. The minimum atomic E-state index is -0.513. The molecule has 0 aliphatic heterocycles. The van der Waals surface area contributed by atoms with Gasteiger partial charge in [-0.1, -0.05) is 182 Å². The summed E-state index contributed by atoms with van der Waals surface area (Å²) in [5.74, 6) is 1.60. The largest absolute Gasteiger partial charge is 0.275 e. The van der Waals surface area contributed by atoms with Crippen LogP contribution in [0.4, 0.5) is 0 Å². The third-order valence-corrected chi connectivity index (χ3v) is 12.5. The van der Waals surface area contributed by atoms with Crippen molar-refractivity contribution in [3.05, 3.63) is 222 Å². The van der Waals surface area contributed by atoms with Crippen LogP contribution in [0, 0.1) is 0 Å². The Morgan fingerprint density at radius 1 is 0.400 bits per heavy atom. The summed E-state index contributed by atoms with van der Waals surface area (Å²) in [5.41, 5.74) is 12.4. The monoisotopic (exact) mass is 719 g/mol. The average Bonchev–Trinajstić information content (AvgIpc) is 3.96. The Bertz CT molecular complexity index is 2980. The summed E-state index contributed by atoms with van der Waals surface area (Å²) in [6.45, 7) is 0. The van der Waals surface area contributed by atoms with Crippen LogP contribution in [0.1, 0.15) is 22.3 Å². The van der Waals surface area contributed by atoms with Crippen molar-refractivity contribution >= 4 is 31.5 Å². The fourth-order valence-electron chi connectivity index (χ4n) is 8.83. The maximum atomic E-state index is 4.92. The molecule has 0 bridgehead atoms. The second-order valence-electron chi connectivity index (χ2n) is 14.2. The Morgan fingerprint density at radius 2 is 0.945 bits per heavy atom. The number of hydrogen-bond acceptors (Lipinski definition) is 3. The molecule has 258 valence electrons. The molecule has 1 aliphatic rings. The number of fused-ring (bicyclic) bond motifs is 6. The molecule has 2 aromatic heterocycles. The van der Waals surface area contributed by atoms with Crippen LogP contribution in [0.25, 0.3) is 70.9 Å². The van der Waals surface area contributed by atoms with Crippen molar-refractivity contribution in [2.24, 2.45) is 0 Å². The van der Waals surface area contributed by atoms with Gasteiger partial charge in [0.25, 0.3) is 0 Å². The molecule has 55 heavy (non-hydrogen) atoms. The Morgan fingerprint density at radius 3 is 1.67 bits per heavy atom. The van der Waals surface area contributed by atoms with E-state index in [4.69, 9.17) is 10.2 Å². The molecule has 0 fully saturated rings. The molecule has 0 amide bonds. The lowest BCUT2D eigenvalue weighted by molar-refractivity contribution is 0.767. The van der Waals surface area contributed by atoms with Gasteiger partial charge in [-0.2, -0.15) is 0 Å². The summed E-state index contributed by atoms with van der Waals surface area (Å²) in [6.07, 6.45) is 0. The van der Waals surface area contributed by atoms with Gasteiger partial charge in [0.2, 0.25) is 0 Å². The van der Waals surface area contributed by atoms with E-state index < -0.39 is 5.41 Å². The van der Waals surface area contributed by atoms with E-state index in [2.05, 4.69) is 199 Å². The van der Waals surface area contributed by atoms with Gasteiger partial charge in [0.1, 0.15) is 0 Å². The van der Waals surface area contributed by atoms with Crippen molar-refractivity contribution in [3.8, 4) is 50.7 Å². The number of benzene rings is 8. The van der Waals surface area contributed by atoms with E-state index >= 15 is 0 Å². The average molecular weight is 720 g/mol. The van der Waals surface area contributed by atoms with Gasteiger partial charge >= 0.3 is 0 Å². The number of aromatic nitrogens is 3. The van der Waals surface area contributed by atoms with E-state index in [0.29, 0.717) is 0 Å². The maximum absolute atomic E-state index is 4.92. The first-order chi connectivity index (χ1) is 27.3. The second kappa shape index (κ2) is 12.6. The van der Waals surface area contributed by atoms with Gasteiger partial charge in [0.15, 0.2) is 11.6 Å². The Hall–Kier alpha value is -6.88. The van der Waals surface area contributed by atoms with Gasteiger partial charge in [-0.15, -0.1) is 21.5 Å². The van der Waals surface area contributed by atoms with Crippen molar-refractivity contribution < 1.29 is 0 Å². The van der Waals surface area contributed by atoms with Crippen molar-refractivity contribution in [2.75, 3.05) is 0 Å². The molecule has 10 aromatic rings. The molecule has 2 heterocycles. The van der Waals surface area contributed by atoms with Crippen LogP contribution < -0.4 is 0 Å². The molecule has 0 spiro atoms. The second-order valence-corrected chi connectivity index (χ2v) is 15.2. The highest BCUT2D eigenvalue weighted by molar-refractivity contribution is 7.26. The molecular formula is C51H33N3S. The van der Waals surface area contributed by atoms with Crippen molar-refractivity contribution in [1.29, 1.82) is 0 Å². The lowest BCUT2D eigenvalue weighted by Crippen LogP contribution is -2.28. The van der Waals surface area contributed by atoms with Gasteiger partial charge in [-0.3, -0.25) is 4.57 Å². The van der Waals surface area contributed by atoms with Crippen LogP contribution in [0.2, 0.25) is 0 Å². The van der Waals surface area contributed by atoms with Crippen LogP contribution >= 0.6 is 11.3 Å². The predicted octanol–water partition coefficient (Wildman–Crippen LogP) is 13.0. The van der Waals surface area contributed by atoms with E-state index in [9.17, 15) is 0 Å². The summed E-state index contributed by atoms with van der Waals surface area (Å²) in [7, 11) is 0. The van der Waals surface area contributed by atoms with E-state index in [0.717, 1.165) is 28.5 Å². The van der Waals surface area contributed by atoms with Crippen LogP contribution in [0.15, 0.2) is 200 Å². The first kappa shape index (κ1) is 31.6.